The van der Waals surface area contributed by atoms with Crippen molar-refractivity contribution >= 4 is 62.5 Å². The highest BCUT2D eigenvalue weighted by Crippen LogP contribution is 2.35. The van der Waals surface area contributed by atoms with Crippen LogP contribution >= 0.6 is 28.1 Å². The van der Waals surface area contributed by atoms with Crippen LogP contribution < -0.4 is 15.0 Å². The molecule has 3 aromatic carbocycles. The number of amides is 2. The van der Waals surface area contributed by atoms with Crippen LogP contribution in [0.5, 0.6) is 17.2 Å². The molecule has 9 nitrogen and oxygen atoms in total. The van der Waals surface area contributed by atoms with E-state index in [0.29, 0.717) is 17.2 Å². The van der Waals surface area contributed by atoms with Crippen LogP contribution in [0, 0.1) is 10.1 Å². The van der Waals surface area contributed by atoms with E-state index in [4.69, 9.17) is 17.0 Å². The average molecular weight is 540 g/mol. The van der Waals surface area contributed by atoms with E-state index < -0.39 is 28.2 Å². The predicted octanol–water partition coefficient (Wildman–Crippen LogP) is 4.69. The van der Waals surface area contributed by atoms with Gasteiger partial charge in [-0.25, -0.2) is 0 Å². The summed E-state index contributed by atoms with van der Waals surface area (Å²) in [5.41, 5.74) is -0.656. The van der Waals surface area contributed by atoms with Gasteiger partial charge in [-0.3, -0.25) is 29.9 Å². The van der Waals surface area contributed by atoms with E-state index in [2.05, 4.69) is 21.2 Å². The largest absolute Gasteiger partial charge is 0.502 e. The molecule has 0 atom stereocenters. The maximum absolute atomic E-state index is 13.2. The summed E-state index contributed by atoms with van der Waals surface area (Å²) < 4.78 is 6.03. The van der Waals surface area contributed by atoms with Gasteiger partial charge in [-0.05, 0) is 60.8 Å². The second kappa shape index (κ2) is 9.41. The van der Waals surface area contributed by atoms with Crippen LogP contribution in [0.15, 0.2) is 76.8 Å². The number of nitrogens with zero attached hydrogens (tertiary/aromatic N) is 2. The van der Waals surface area contributed by atoms with E-state index in [1.807, 2.05) is 18.2 Å². The molecule has 0 radical (unpaired) electrons. The van der Waals surface area contributed by atoms with Gasteiger partial charge in [-0.2, -0.15) is 0 Å². The number of hydrogen-bond donors (Lipinski definition) is 2. The number of nitro groups is 1. The summed E-state index contributed by atoms with van der Waals surface area (Å²) in [7, 11) is 0. The molecule has 0 unspecified atom stereocenters. The van der Waals surface area contributed by atoms with Crippen LogP contribution in [0.3, 0.4) is 0 Å². The number of thiocarbonyl (C=S) groups is 1. The molecule has 34 heavy (non-hydrogen) atoms. The van der Waals surface area contributed by atoms with Crippen LogP contribution in [0.1, 0.15) is 5.56 Å². The first-order chi connectivity index (χ1) is 16.2. The maximum atomic E-state index is 13.2. The lowest BCUT2D eigenvalue weighted by Crippen LogP contribution is -2.54. The molecule has 0 aliphatic carbocycles. The maximum Gasteiger partial charge on any atom is 0.312 e. The van der Waals surface area contributed by atoms with Crippen molar-refractivity contribution in [2.75, 3.05) is 4.90 Å². The van der Waals surface area contributed by atoms with E-state index in [1.54, 1.807) is 36.4 Å². The highest BCUT2D eigenvalue weighted by atomic mass is 79.9. The fourth-order valence-electron chi connectivity index (χ4n) is 3.19. The number of carbonyl (C=O) groups excluding carboxylic acids is 2. The Hall–Kier alpha value is -4.09. The van der Waals surface area contributed by atoms with Gasteiger partial charge in [-0.15, -0.1) is 0 Å². The predicted molar refractivity (Wildman–Crippen MR) is 132 cm³/mol. The highest BCUT2D eigenvalue weighted by Gasteiger charge is 2.35. The number of phenolic OH excluding ortho intramolecular Hbond substituents is 1. The van der Waals surface area contributed by atoms with Crippen molar-refractivity contribution < 1.29 is 24.4 Å². The molecule has 0 saturated carbocycles. The number of benzene rings is 3. The van der Waals surface area contributed by atoms with Crippen LogP contribution in [-0.4, -0.2) is 27.0 Å². The monoisotopic (exact) mass is 539 g/mol. The van der Waals surface area contributed by atoms with Crippen molar-refractivity contribution in [1.29, 1.82) is 0 Å². The Labute approximate surface area is 206 Å². The standard InChI is InChI=1S/C23H14BrN3O6S/c24-14-10-13(20(28)19(12-14)27(31)32)11-18-21(29)25-23(34)26(22(18)30)15-6-8-17(9-7-15)33-16-4-2-1-3-5-16/h1-12,28H,(H,25,29,34)/b18-11+. The Morgan fingerprint density at radius 3 is 2.35 bits per heavy atom. The molecule has 0 spiro atoms. The molecule has 1 aliphatic rings. The van der Waals surface area contributed by atoms with Gasteiger partial charge in [0.15, 0.2) is 5.11 Å². The third-order valence-corrected chi connectivity index (χ3v) is 5.50. The highest BCUT2D eigenvalue weighted by molar-refractivity contribution is 9.10. The lowest BCUT2D eigenvalue weighted by Gasteiger charge is -2.29. The van der Waals surface area contributed by atoms with E-state index in [9.17, 15) is 24.8 Å². The van der Waals surface area contributed by atoms with Gasteiger partial charge in [0.1, 0.15) is 17.1 Å². The Morgan fingerprint density at radius 2 is 1.71 bits per heavy atom. The molecule has 3 aromatic rings. The number of phenols is 1. The van der Waals surface area contributed by atoms with Crippen LogP contribution in [0.2, 0.25) is 0 Å². The number of ether oxygens (including phenoxy) is 1. The van der Waals surface area contributed by atoms with Gasteiger partial charge < -0.3 is 9.84 Å². The number of halogens is 1. The van der Waals surface area contributed by atoms with E-state index in [-0.39, 0.29) is 20.7 Å². The van der Waals surface area contributed by atoms with Crippen molar-refractivity contribution in [1.82, 2.24) is 5.32 Å². The van der Waals surface area contributed by atoms with Crippen molar-refractivity contribution in [3.8, 4) is 17.2 Å². The molecular formula is C23H14BrN3O6S. The zero-order valence-corrected chi connectivity index (χ0v) is 19.5. The molecule has 170 valence electrons. The van der Waals surface area contributed by atoms with Crippen molar-refractivity contribution in [3.63, 3.8) is 0 Å². The molecule has 2 amide bonds. The lowest BCUT2D eigenvalue weighted by atomic mass is 10.1. The minimum absolute atomic E-state index is 0.0843. The van der Waals surface area contributed by atoms with E-state index >= 15 is 0 Å². The number of nitro benzene ring substituents is 1. The number of hydrogen-bond acceptors (Lipinski definition) is 7. The molecule has 1 fully saturated rings. The zero-order valence-electron chi connectivity index (χ0n) is 17.1. The lowest BCUT2D eigenvalue weighted by molar-refractivity contribution is -0.385. The van der Waals surface area contributed by atoms with Gasteiger partial charge in [0.25, 0.3) is 11.8 Å². The first kappa shape index (κ1) is 23.1. The molecule has 1 heterocycles. The minimum atomic E-state index is -0.794. The minimum Gasteiger partial charge on any atom is -0.502 e. The summed E-state index contributed by atoms with van der Waals surface area (Å²) in [5, 5.41) is 23.8. The van der Waals surface area contributed by atoms with Crippen molar-refractivity contribution in [2.24, 2.45) is 0 Å². The van der Waals surface area contributed by atoms with Crippen LogP contribution in [0.25, 0.3) is 6.08 Å². The van der Waals surface area contributed by atoms with Crippen molar-refractivity contribution in [2.45, 2.75) is 0 Å². The van der Waals surface area contributed by atoms with Crippen LogP contribution in [0.4, 0.5) is 11.4 Å². The number of aromatic hydroxyl groups is 1. The SMILES string of the molecule is O=C1NC(=S)N(c2ccc(Oc3ccccc3)cc2)C(=O)/C1=C/c1cc(Br)cc([N+](=O)[O-])c1O. The van der Waals surface area contributed by atoms with E-state index in [1.165, 1.54) is 6.07 Å². The number of rotatable bonds is 5. The van der Waals surface area contributed by atoms with Gasteiger partial charge in [0.2, 0.25) is 5.75 Å². The first-order valence-electron chi connectivity index (χ1n) is 9.66. The quantitative estimate of drug-likeness (QED) is 0.158. The Morgan fingerprint density at radius 1 is 1.06 bits per heavy atom. The van der Waals surface area contributed by atoms with Gasteiger partial charge in [-0.1, -0.05) is 34.1 Å². The van der Waals surface area contributed by atoms with Gasteiger partial charge >= 0.3 is 5.69 Å². The second-order valence-corrected chi connectivity index (χ2v) is 8.29. The molecule has 0 aromatic heterocycles. The average Bonchev–Trinajstić information content (AvgIpc) is 2.80. The molecule has 11 heteroatoms. The van der Waals surface area contributed by atoms with Gasteiger partial charge in [0, 0.05) is 16.1 Å². The summed E-state index contributed by atoms with van der Waals surface area (Å²) in [6, 6.07) is 18.1. The number of anilines is 1. The normalized spacial score (nSPS) is 14.8. The summed E-state index contributed by atoms with van der Waals surface area (Å²) >= 11 is 8.31. The van der Waals surface area contributed by atoms with Crippen molar-refractivity contribution in [3.05, 3.63) is 92.5 Å². The third-order valence-electron chi connectivity index (χ3n) is 4.76. The molecule has 2 N–H and O–H groups in total. The Kier molecular flexibility index (Phi) is 6.39. The van der Waals surface area contributed by atoms with E-state index in [0.717, 1.165) is 17.0 Å². The van der Waals surface area contributed by atoms with Crippen LogP contribution in [-0.2, 0) is 9.59 Å². The third kappa shape index (κ3) is 4.65. The Balaban J connectivity index is 1.66. The number of nitrogens with one attached hydrogen (secondary N) is 1. The van der Waals surface area contributed by atoms with Gasteiger partial charge in [0.05, 0.1) is 10.6 Å². The molecule has 4 rings (SSSR count). The summed E-state index contributed by atoms with van der Waals surface area (Å²) in [6.07, 6.45) is 1.08. The summed E-state index contributed by atoms with van der Waals surface area (Å²) in [6.45, 7) is 0. The first-order valence-corrected chi connectivity index (χ1v) is 10.9. The zero-order chi connectivity index (χ0) is 24.4. The summed E-state index contributed by atoms with van der Waals surface area (Å²) in [5.74, 6) is -1.06. The molecule has 1 aliphatic heterocycles. The fraction of sp³-hybridized carbons (Fsp3) is 0. The molecular weight excluding hydrogens is 526 g/mol. The topological polar surface area (TPSA) is 122 Å². The Bertz CT molecular complexity index is 1360. The number of carbonyl (C=O) groups is 2. The fourth-order valence-corrected chi connectivity index (χ4v) is 3.93. The molecule has 1 saturated heterocycles. The smallest absolute Gasteiger partial charge is 0.312 e. The second-order valence-electron chi connectivity index (χ2n) is 6.99. The summed E-state index contributed by atoms with van der Waals surface area (Å²) in [4.78, 5) is 37.2. The number of para-hydroxylation sites is 1. The molecule has 0 bridgehead atoms.